The van der Waals surface area contributed by atoms with Gasteiger partial charge in [-0.1, -0.05) is 12.1 Å². The third kappa shape index (κ3) is 4.06. The van der Waals surface area contributed by atoms with Gasteiger partial charge in [0.2, 0.25) is 10.0 Å². The molecule has 2 aromatic carbocycles. The van der Waals surface area contributed by atoms with E-state index >= 15 is 0 Å². The van der Waals surface area contributed by atoms with Gasteiger partial charge in [0.15, 0.2) is 0 Å². The molecule has 126 valence electrons. The van der Waals surface area contributed by atoms with E-state index < -0.39 is 20.6 Å². The average molecular weight is 349 g/mol. The number of primary sulfonamides is 1. The predicted molar refractivity (Wildman–Crippen MR) is 91.2 cm³/mol. The predicted octanol–water partition coefficient (Wildman–Crippen LogP) is 1.66. The fraction of sp³-hybridized carbons (Fsp3) is 0.0714. The Morgan fingerprint density at radius 1 is 1.21 bits per heavy atom. The molecule has 0 aliphatic rings. The van der Waals surface area contributed by atoms with Crippen molar-refractivity contribution in [1.29, 1.82) is 0 Å². The summed E-state index contributed by atoms with van der Waals surface area (Å²) in [6.45, 7) is 1.71. The number of benzene rings is 2. The average Bonchev–Trinajstić information content (AvgIpc) is 2.52. The number of rotatable bonds is 5. The van der Waals surface area contributed by atoms with E-state index in [2.05, 4.69) is 10.5 Å². The Kier molecular flexibility index (Phi) is 4.81. The number of nitrogens with two attached hydrogens (primary N) is 2. The number of sulfonamides is 1. The summed E-state index contributed by atoms with van der Waals surface area (Å²) in [6, 6.07) is 10.2. The van der Waals surface area contributed by atoms with Gasteiger partial charge in [-0.3, -0.25) is 15.5 Å². The number of anilines is 2. The van der Waals surface area contributed by atoms with Crippen LogP contribution in [0.15, 0.2) is 52.5 Å². The summed E-state index contributed by atoms with van der Waals surface area (Å²) < 4.78 is 22.6. The molecule has 2 rings (SSSR count). The van der Waals surface area contributed by atoms with Gasteiger partial charge in [-0.15, -0.1) is 0 Å². The van der Waals surface area contributed by atoms with Gasteiger partial charge >= 0.3 is 0 Å². The summed E-state index contributed by atoms with van der Waals surface area (Å²) in [7, 11) is -4.03. The van der Waals surface area contributed by atoms with E-state index in [1.54, 1.807) is 31.2 Å². The second kappa shape index (κ2) is 6.64. The zero-order valence-corrected chi connectivity index (χ0v) is 13.4. The van der Waals surface area contributed by atoms with Crippen molar-refractivity contribution in [1.82, 2.24) is 0 Å². The second-order valence-electron chi connectivity index (χ2n) is 4.91. The number of nitro groups is 1. The van der Waals surface area contributed by atoms with E-state index in [1.807, 2.05) is 0 Å². The molecule has 0 aliphatic carbocycles. The lowest BCUT2D eigenvalue weighted by molar-refractivity contribution is -0.384. The van der Waals surface area contributed by atoms with Gasteiger partial charge in [0.25, 0.3) is 5.69 Å². The number of nitrogens with zero attached hydrogens (tertiary/aromatic N) is 2. The van der Waals surface area contributed by atoms with Crippen LogP contribution in [0.5, 0.6) is 0 Å². The molecule has 0 saturated heterocycles. The summed E-state index contributed by atoms with van der Waals surface area (Å²) >= 11 is 0. The number of hydrogen-bond donors (Lipinski definition) is 3. The fourth-order valence-electron chi connectivity index (χ4n) is 1.87. The summed E-state index contributed by atoms with van der Waals surface area (Å²) in [4.78, 5) is 10.1. The van der Waals surface area contributed by atoms with E-state index in [-0.39, 0.29) is 10.6 Å². The van der Waals surface area contributed by atoms with Crippen LogP contribution in [-0.4, -0.2) is 19.1 Å². The normalized spacial score (nSPS) is 12.0. The van der Waals surface area contributed by atoms with E-state index in [0.717, 1.165) is 11.6 Å². The molecule has 0 amide bonds. The quantitative estimate of drug-likeness (QED) is 0.323. The van der Waals surface area contributed by atoms with Crippen LogP contribution in [0.1, 0.15) is 12.5 Å². The minimum atomic E-state index is -4.03. The highest BCUT2D eigenvalue weighted by Gasteiger charge is 2.18. The molecule has 2 aromatic rings. The third-order valence-electron chi connectivity index (χ3n) is 3.17. The first-order valence-electron chi connectivity index (χ1n) is 6.66. The summed E-state index contributed by atoms with van der Waals surface area (Å²) in [5.74, 6) is 0. The highest BCUT2D eigenvalue weighted by Crippen LogP contribution is 2.27. The van der Waals surface area contributed by atoms with Gasteiger partial charge in [0, 0.05) is 11.8 Å². The van der Waals surface area contributed by atoms with E-state index in [0.29, 0.717) is 11.4 Å². The van der Waals surface area contributed by atoms with Crippen LogP contribution in [0.2, 0.25) is 0 Å². The van der Waals surface area contributed by atoms with Gasteiger partial charge in [0.05, 0.1) is 15.5 Å². The SMILES string of the molecule is C/C(=N\Nc1ccc(S(N)(=O)=O)cc1[N+](=O)[O-])c1ccc(N)cc1. The van der Waals surface area contributed by atoms with Crippen molar-refractivity contribution in [2.75, 3.05) is 11.2 Å². The molecule has 0 unspecified atom stereocenters. The van der Waals surface area contributed by atoms with Crippen molar-refractivity contribution in [2.45, 2.75) is 11.8 Å². The van der Waals surface area contributed by atoms with Gasteiger partial charge in [-0.25, -0.2) is 13.6 Å². The maximum atomic E-state index is 11.3. The largest absolute Gasteiger partial charge is 0.399 e. The molecular weight excluding hydrogens is 334 g/mol. The van der Waals surface area contributed by atoms with E-state index in [1.165, 1.54) is 12.1 Å². The molecule has 9 nitrogen and oxygen atoms in total. The summed E-state index contributed by atoms with van der Waals surface area (Å²) in [6.07, 6.45) is 0. The molecule has 0 radical (unpaired) electrons. The molecule has 0 aliphatic heterocycles. The van der Waals surface area contributed by atoms with Crippen LogP contribution in [0.3, 0.4) is 0 Å². The maximum Gasteiger partial charge on any atom is 0.295 e. The monoisotopic (exact) mass is 349 g/mol. The standard InChI is InChI=1S/C14H15N5O4S/c1-9(10-2-4-11(15)5-3-10)17-18-13-7-6-12(24(16,22)23)8-14(13)19(20)21/h2-8,18H,15H2,1H3,(H2,16,22,23)/b17-9+. The summed E-state index contributed by atoms with van der Waals surface area (Å²) in [5.41, 5.74) is 9.72. The lowest BCUT2D eigenvalue weighted by Crippen LogP contribution is -2.12. The van der Waals surface area contributed by atoms with Crippen LogP contribution in [0.4, 0.5) is 17.1 Å². The van der Waals surface area contributed by atoms with Gasteiger partial charge < -0.3 is 5.73 Å². The van der Waals surface area contributed by atoms with Crippen molar-refractivity contribution >= 4 is 32.8 Å². The minimum Gasteiger partial charge on any atom is -0.399 e. The highest BCUT2D eigenvalue weighted by atomic mass is 32.2. The zero-order chi connectivity index (χ0) is 17.9. The van der Waals surface area contributed by atoms with Gasteiger partial charge in [-0.05, 0) is 36.8 Å². The van der Waals surface area contributed by atoms with Crippen molar-refractivity contribution in [3.05, 3.63) is 58.1 Å². The number of nitrogens with one attached hydrogen (secondary N) is 1. The van der Waals surface area contributed by atoms with Gasteiger partial charge in [-0.2, -0.15) is 5.10 Å². The third-order valence-corrected chi connectivity index (χ3v) is 4.08. The first-order chi connectivity index (χ1) is 11.2. The smallest absolute Gasteiger partial charge is 0.295 e. The van der Waals surface area contributed by atoms with Gasteiger partial charge in [0.1, 0.15) is 5.69 Å². The molecule has 0 bridgehead atoms. The first-order valence-corrected chi connectivity index (χ1v) is 8.20. The molecule has 0 aromatic heterocycles. The number of nitro benzene ring substituents is 1. The molecule has 5 N–H and O–H groups in total. The van der Waals surface area contributed by atoms with Crippen LogP contribution < -0.4 is 16.3 Å². The second-order valence-corrected chi connectivity index (χ2v) is 6.47. The van der Waals surface area contributed by atoms with Crippen LogP contribution in [0, 0.1) is 10.1 Å². The van der Waals surface area contributed by atoms with Crippen LogP contribution in [-0.2, 0) is 10.0 Å². The van der Waals surface area contributed by atoms with Crippen molar-refractivity contribution in [2.24, 2.45) is 10.2 Å². The van der Waals surface area contributed by atoms with Crippen molar-refractivity contribution in [3.63, 3.8) is 0 Å². The Hall–Kier alpha value is -2.98. The maximum absolute atomic E-state index is 11.3. The van der Waals surface area contributed by atoms with Crippen molar-refractivity contribution < 1.29 is 13.3 Å². The van der Waals surface area contributed by atoms with E-state index in [9.17, 15) is 18.5 Å². The molecule has 24 heavy (non-hydrogen) atoms. The molecule has 0 atom stereocenters. The lowest BCUT2D eigenvalue weighted by Gasteiger charge is -2.06. The number of hydrazone groups is 1. The fourth-order valence-corrected chi connectivity index (χ4v) is 2.40. The van der Waals surface area contributed by atoms with Crippen molar-refractivity contribution in [3.8, 4) is 0 Å². The Bertz CT molecular complexity index is 907. The molecule has 10 heteroatoms. The van der Waals surface area contributed by atoms with Crippen LogP contribution in [0.25, 0.3) is 0 Å². The molecule has 0 heterocycles. The Balaban J connectivity index is 2.33. The van der Waals surface area contributed by atoms with E-state index in [4.69, 9.17) is 10.9 Å². The molecular formula is C14H15N5O4S. The topological polar surface area (TPSA) is 154 Å². The molecule has 0 fully saturated rings. The number of nitrogen functional groups attached to an aromatic ring is 1. The highest BCUT2D eigenvalue weighted by molar-refractivity contribution is 7.89. The molecule has 0 saturated carbocycles. The van der Waals surface area contributed by atoms with Crippen LogP contribution >= 0.6 is 0 Å². The Morgan fingerprint density at radius 3 is 2.38 bits per heavy atom. The lowest BCUT2D eigenvalue weighted by atomic mass is 10.1. The zero-order valence-electron chi connectivity index (χ0n) is 12.6. The number of hydrogen-bond acceptors (Lipinski definition) is 7. The summed E-state index contributed by atoms with van der Waals surface area (Å²) in [5, 5.41) is 20.2. The Labute approximate surface area is 138 Å². The molecule has 0 spiro atoms. The first kappa shape index (κ1) is 17.4. The Morgan fingerprint density at radius 2 is 1.83 bits per heavy atom. The minimum absolute atomic E-state index is 0.0437.